The molecule has 0 amide bonds. The maximum atomic E-state index is 12.0. The van der Waals surface area contributed by atoms with E-state index >= 15 is 0 Å². The summed E-state index contributed by atoms with van der Waals surface area (Å²) in [5.74, 6) is 0.718. The predicted molar refractivity (Wildman–Crippen MR) is 94.1 cm³/mol. The molecule has 5 nitrogen and oxygen atoms in total. The molecule has 0 saturated heterocycles. The Balaban J connectivity index is 1.64. The zero-order chi connectivity index (χ0) is 17.8. The molecule has 0 N–H and O–H groups in total. The second kappa shape index (κ2) is 7.59. The molecule has 0 atom stereocenters. The summed E-state index contributed by atoms with van der Waals surface area (Å²) in [5.41, 5.74) is 1.64. The molecule has 128 valence electrons. The van der Waals surface area contributed by atoms with Gasteiger partial charge in [0.15, 0.2) is 5.76 Å². The highest BCUT2D eigenvalue weighted by molar-refractivity contribution is 6.42. The highest BCUT2D eigenvalue weighted by Crippen LogP contribution is 2.29. The van der Waals surface area contributed by atoms with Crippen LogP contribution in [0.15, 0.2) is 53.1 Å². The lowest BCUT2D eigenvalue weighted by Gasteiger charge is -2.03. The smallest absolute Gasteiger partial charge is 0.338 e. The van der Waals surface area contributed by atoms with Gasteiger partial charge in [0.1, 0.15) is 18.1 Å². The van der Waals surface area contributed by atoms with Gasteiger partial charge in [0.25, 0.3) is 0 Å². The zero-order valence-electron chi connectivity index (χ0n) is 13.2. The summed E-state index contributed by atoms with van der Waals surface area (Å²) in [6.07, 6.45) is 0. The number of carbonyl (C=O) groups excluding carboxylic acids is 1. The number of rotatable bonds is 5. The number of hydrogen-bond donors (Lipinski definition) is 0. The third-order valence-corrected chi connectivity index (χ3v) is 4.18. The van der Waals surface area contributed by atoms with Crippen LogP contribution in [0.5, 0.6) is 5.75 Å². The molecule has 1 heterocycles. The number of nitrogens with zero attached hydrogens (tertiary/aromatic N) is 1. The predicted octanol–water partition coefficient (Wildman–Crippen LogP) is 5.01. The molecule has 25 heavy (non-hydrogen) atoms. The highest BCUT2D eigenvalue weighted by atomic mass is 35.5. The van der Waals surface area contributed by atoms with Crippen LogP contribution in [0.1, 0.15) is 16.1 Å². The van der Waals surface area contributed by atoms with Crippen molar-refractivity contribution in [2.45, 2.75) is 6.61 Å². The van der Waals surface area contributed by atoms with Crippen LogP contribution in [-0.4, -0.2) is 18.2 Å². The van der Waals surface area contributed by atoms with Crippen molar-refractivity contribution in [2.75, 3.05) is 7.11 Å². The first-order valence-electron chi connectivity index (χ1n) is 7.29. The van der Waals surface area contributed by atoms with E-state index in [4.69, 9.17) is 37.2 Å². The van der Waals surface area contributed by atoms with Crippen LogP contribution >= 0.6 is 23.2 Å². The number of aromatic nitrogens is 1. The second-order valence-electron chi connectivity index (χ2n) is 5.12. The number of halogens is 2. The van der Waals surface area contributed by atoms with Crippen LogP contribution in [-0.2, 0) is 11.3 Å². The largest absolute Gasteiger partial charge is 0.497 e. The molecule has 0 aliphatic carbocycles. The first-order valence-corrected chi connectivity index (χ1v) is 8.04. The standard InChI is InChI=1S/C18H13Cl2NO4/c1-23-14-5-2-11(3-6-14)18(22)24-10-13-9-17(25-21-13)12-4-7-15(19)16(20)8-12/h2-9H,10H2,1H3. The summed E-state index contributed by atoms with van der Waals surface area (Å²) in [5, 5.41) is 4.77. The molecule has 0 fully saturated rings. The molecular formula is C18H13Cl2NO4. The third-order valence-electron chi connectivity index (χ3n) is 3.44. The average molecular weight is 378 g/mol. The van der Waals surface area contributed by atoms with Crippen LogP contribution < -0.4 is 4.74 Å². The molecule has 0 saturated carbocycles. The number of methoxy groups -OCH3 is 1. The van der Waals surface area contributed by atoms with E-state index in [0.29, 0.717) is 32.8 Å². The number of carbonyl (C=O) groups is 1. The Labute approximate surface area is 154 Å². The van der Waals surface area contributed by atoms with E-state index in [9.17, 15) is 4.79 Å². The summed E-state index contributed by atoms with van der Waals surface area (Å²) >= 11 is 11.9. The van der Waals surface area contributed by atoms with E-state index in [1.807, 2.05) is 0 Å². The lowest BCUT2D eigenvalue weighted by atomic mass is 10.1. The highest BCUT2D eigenvalue weighted by Gasteiger charge is 2.12. The van der Waals surface area contributed by atoms with Crippen molar-refractivity contribution in [3.63, 3.8) is 0 Å². The van der Waals surface area contributed by atoms with Crippen molar-refractivity contribution in [1.82, 2.24) is 5.16 Å². The van der Waals surface area contributed by atoms with Gasteiger partial charge in [-0.3, -0.25) is 0 Å². The van der Waals surface area contributed by atoms with Crippen LogP contribution in [0, 0.1) is 0 Å². The topological polar surface area (TPSA) is 61.6 Å². The number of ether oxygens (including phenoxy) is 2. The molecule has 0 aliphatic rings. The van der Waals surface area contributed by atoms with Gasteiger partial charge in [0, 0.05) is 11.6 Å². The molecule has 0 spiro atoms. The number of hydrogen-bond acceptors (Lipinski definition) is 5. The summed E-state index contributed by atoms with van der Waals surface area (Å²) in [6.45, 7) is -0.00428. The lowest BCUT2D eigenvalue weighted by molar-refractivity contribution is 0.0464. The first kappa shape index (κ1) is 17.3. The van der Waals surface area contributed by atoms with Gasteiger partial charge in [-0.2, -0.15) is 0 Å². The fourth-order valence-corrected chi connectivity index (χ4v) is 2.41. The number of benzene rings is 2. The van der Waals surface area contributed by atoms with Gasteiger partial charge >= 0.3 is 5.97 Å². The van der Waals surface area contributed by atoms with E-state index in [1.54, 1.807) is 55.6 Å². The van der Waals surface area contributed by atoms with Crippen molar-refractivity contribution in [3.05, 3.63) is 69.8 Å². The fraction of sp³-hybridized carbons (Fsp3) is 0.111. The van der Waals surface area contributed by atoms with Gasteiger partial charge in [0.05, 0.1) is 22.7 Å². The zero-order valence-corrected chi connectivity index (χ0v) is 14.7. The van der Waals surface area contributed by atoms with Gasteiger partial charge in [-0.05, 0) is 42.5 Å². The second-order valence-corrected chi connectivity index (χ2v) is 5.93. The van der Waals surface area contributed by atoms with Crippen LogP contribution in [0.3, 0.4) is 0 Å². The molecule has 0 radical (unpaired) electrons. The molecular weight excluding hydrogens is 365 g/mol. The first-order chi connectivity index (χ1) is 12.1. The van der Waals surface area contributed by atoms with E-state index in [2.05, 4.69) is 5.16 Å². The molecule has 0 bridgehead atoms. The van der Waals surface area contributed by atoms with Crippen molar-refractivity contribution in [3.8, 4) is 17.1 Å². The molecule has 0 unspecified atom stereocenters. The monoisotopic (exact) mass is 377 g/mol. The minimum absolute atomic E-state index is 0.00428. The minimum Gasteiger partial charge on any atom is -0.497 e. The van der Waals surface area contributed by atoms with E-state index < -0.39 is 5.97 Å². The Morgan fingerprint density at radius 1 is 1.08 bits per heavy atom. The average Bonchev–Trinajstić information content (AvgIpc) is 3.11. The van der Waals surface area contributed by atoms with Crippen molar-refractivity contribution in [2.24, 2.45) is 0 Å². The molecule has 3 rings (SSSR count). The molecule has 7 heteroatoms. The Bertz CT molecular complexity index is 890. The van der Waals surface area contributed by atoms with Crippen molar-refractivity contribution < 1.29 is 18.8 Å². The van der Waals surface area contributed by atoms with E-state index in [1.165, 1.54) is 0 Å². The molecule has 3 aromatic rings. The Kier molecular flexibility index (Phi) is 5.26. The summed E-state index contributed by atoms with van der Waals surface area (Å²) < 4.78 is 15.5. The lowest BCUT2D eigenvalue weighted by Crippen LogP contribution is -2.05. The van der Waals surface area contributed by atoms with Gasteiger partial charge in [-0.15, -0.1) is 0 Å². The van der Waals surface area contributed by atoms with Crippen molar-refractivity contribution in [1.29, 1.82) is 0 Å². The van der Waals surface area contributed by atoms with Crippen LogP contribution in [0.25, 0.3) is 11.3 Å². The number of esters is 1. The normalized spacial score (nSPS) is 10.5. The fourth-order valence-electron chi connectivity index (χ4n) is 2.12. The third kappa shape index (κ3) is 4.13. The molecule has 0 aliphatic heterocycles. The van der Waals surface area contributed by atoms with Gasteiger partial charge in [0.2, 0.25) is 0 Å². The SMILES string of the molecule is COc1ccc(C(=O)OCc2cc(-c3ccc(Cl)c(Cl)c3)on2)cc1. The maximum Gasteiger partial charge on any atom is 0.338 e. The molecule has 2 aromatic carbocycles. The van der Waals surface area contributed by atoms with Gasteiger partial charge < -0.3 is 14.0 Å². The summed E-state index contributed by atoms with van der Waals surface area (Å²) in [7, 11) is 1.56. The summed E-state index contributed by atoms with van der Waals surface area (Å²) in [4.78, 5) is 12.0. The molecule has 1 aromatic heterocycles. The van der Waals surface area contributed by atoms with E-state index in [-0.39, 0.29) is 6.61 Å². The maximum absolute atomic E-state index is 12.0. The Hall–Kier alpha value is -2.50. The van der Waals surface area contributed by atoms with Crippen molar-refractivity contribution >= 4 is 29.2 Å². The van der Waals surface area contributed by atoms with Crippen LogP contribution in [0.2, 0.25) is 10.0 Å². The summed E-state index contributed by atoms with van der Waals surface area (Å²) in [6, 6.07) is 13.4. The van der Waals surface area contributed by atoms with Gasteiger partial charge in [-0.1, -0.05) is 28.4 Å². The van der Waals surface area contributed by atoms with E-state index in [0.717, 1.165) is 5.56 Å². The quantitative estimate of drug-likeness (QED) is 0.584. The van der Waals surface area contributed by atoms with Gasteiger partial charge in [-0.25, -0.2) is 4.79 Å². The van der Waals surface area contributed by atoms with Crippen LogP contribution in [0.4, 0.5) is 0 Å². The Morgan fingerprint density at radius 3 is 2.52 bits per heavy atom. The Morgan fingerprint density at radius 2 is 1.84 bits per heavy atom. The minimum atomic E-state index is -0.457.